The van der Waals surface area contributed by atoms with Gasteiger partial charge in [0.25, 0.3) is 0 Å². The second-order valence-corrected chi connectivity index (χ2v) is 6.91. The SMILES string of the molecule is CCNc1ncnc(N(C)C2CCC(C)(C)CC2)c1CC. The maximum Gasteiger partial charge on any atom is 0.137 e. The van der Waals surface area contributed by atoms with Crippen LogP contribution in [0.15, 0.2) is 6.33 Å². The zero-order valence-electron chi connectivity index (χ0n) is 14.2. The Morgan fingerprint density at radius 2 is 1.90 bits per heavy atom. The fraction of sp³-hybridized carbons (Fsp3) is 0.765. The van der Waals surface area contributed by atoms with E-state index in [1.807, 2.05) is 0 Å². The van der Waals surface area contributed by atoms with E-state index in [-0.39, 0.29) is 0 Å². The lowest BCUT2D eigenvalue weighted by Gasteiger charge is -2.39. The highest BCUT2D eigenvalue weighted by atomic mass is 15.2. The van der Waals surface area contributed by atoms with E-state index in [1.54, 1.807) is 6.33 Å². The Kier molecular flexibility index (Phi) is 5.07. The van der Waals surface area contributed by atoms with Crippen molar-refractivity contribution in [3.63, 3.8) is 0 Å². The van der Waals surface area contributed by atoms with Gasteiger partial charge in [0, 0.05) is 25.2 Å². The molecule has 0 atom stereocenters. The van der Waals surface area contributed by atoms with Crippen LogP contribution in [0.4, 0.5) is 11.6 Å². The van der Waals surface area contributed by atoms with E-state index >= 15 is 0 Å². The molecule has 118 valence electrons. The summed E-state index contributed by atoms with van der Waals surface area (Å²) in [5.74, 6) is 2.10. The summed E-state index contributed by atoms with van der Waals surface area (Å²) >= 11 is 0. The number of nitrogens with zero attached hydrogens (tertiary/aromatic N) is 3. The third kappa shape index (κ3) is 3.66. The molecular weight excluding hydrogens is 260 g/mol. The van der Waals surface area contributed by atoms with Crippen LogP contribution in [0, 0.1) is 5.41 Å². The van der Waals surface area contributed by atoms with E-state index in [0.717, 1.165) is 24.6 Å². The Hall–Kier alpha value is -1.32. The molecule has 0 aromatic carbocycles. The minimum absolute atomic E-state index is 0.505. The molecule has 0 aliphatic heterocycles. The summed E-state index contributed by atoms with van der Waals surface area (Å²) < 4.78 is 0. The molecule has 4 nitrogen and oxygen atoms in total. The van der Waals surface area contributed by atoms with E-state index < -0.39 is 0 Å². The van der Waals surface area contributed by atoms with Gasteiger partial charge < -0.3 is 10.2 Å². The van der Waals surface area contributed by atoms with Gasteiger partial charge in [-0.15, -0.1) is 0 Å². The first-order chi connectivity index (χ1) is 9.98. The van der Waals surface area contributed by atoms with Gasteiger partial charge in [0.2, 0.25) is 0 Å². The number of nitrogens with one attached hydrogen (secondary N) is 1. The molecule has 1 saturated carbocycles. The Balaban J connectivity index is 2.19. The minimum Gasteiger partial charge on any atom is -0.370 e. The standard InChI is InChI=1S/C17H30N4/c1-6-14-15(18-7-2)19-12-20-16(14)21(5)13-8-10-17(3,4)11-9-13/h12-13H,6-11H2,1-5H3,(H,18,19,20). The van der Waals surface area contributed by atoms with Gasteiger partial charge in [0.15, 0.2) is 0 Å². The molecule has 0 amide bonds. The van der Waals surface area contributed by atoms with Crippen molar-refractivity contribution in [2.75, 3.05) is 23.8 Å². The van der Waals surface area contributed by atoms with Crippen LogP contribution in [-0.2, 0) is 6.42 Å². The molecule has 1 heterocycles. The fourth-order valence-electron chi connectivity index (χ4n) is 3.30. The molecule has 1 aliphatic carbocycles. The molecule has 1 aliphatic rings. The quantitative estimate of drug-likeness (QED) is 0.893. The van der Waals surface area contributed by atoms with E-state index in [0.29, 0.717) is 11.5 Å². The third-order valence-corrected chi connectivity index (χ3v) is 4.81. The van der Waals surface area contributed by atoms with Gasteiger partial charge in [-0.25, -0.2) is 9.97 Å². The summed E-state index contributed by atoms with van der Waals surface area (Å²) in [4.78, 5) is 11.4. The summed E-state index contributed by atoms with van der Waals surface area (Å²) in [7, 11) is 2.19. The van der Waals surface area contributed by atoms with E-state index in [4.69, 9.17) is 0 Å². The Morgan fingerprint density at radius 3 is 2.48 bits per heavy atom. The van der Waals surface area contributed by atoms with Gasteiger partial charge in [0.05, 0.1) is 0 Å². The van der Waals surface area contributed by atoms with Crippen molar-refractivity contribution in [3.8, 4) is 0 Å². The van der Waals surface area contributed by atoms with Gasteiger partial charge in [-0.1, -0.05) is 20.8 Å². The number of hydrogen-bond acceptors (Lipinski definition) is 4. The van der Waals surface area contributed by atoms with Crippen LogP contribution in [0.25, 0.3) is 0 Å². The summed E-state index contributed by atoms with van der Waals surface area (Å²) in [6.07, 6.45) is 7.76. The van der Waals surface area contributed by atoms with Crippen molar-refractivity contribution in [1.29, 1.82) is 0 Å². The van der Waals surface area contributed by atoms with Crippen LogP contribution in [0.2, 0.25) is 0 Å². The highest BCUT2D eigenvalue weighted by molar-refractivity contribution is 5.58. The average Bonchev–Trinajstić information content (AvgIpc) is 2.46. The molecule has 1 aromatic rings. The van der Waals surface area contributed by atoms with Crippen molar-refractivity contribution in [2.45, 2.75) is 65.8 Å². The topological polar surface area (TPSA) is 41.1 Å². The molecule has 21 heavy (non-hydrogen) atoms. The molecule has 0 spiro atoms. The zero-order chi connectivity index (χ0) is 15.5. The minimum atomic E-state index is 0.505. The van der Waals surface area contributed by atoms with Crippen LogP contribution in [0.3, 0.4) is 0 Å². The van der Waals surface area contributed by atoms with Crippen molar-refractivity contribution in [1.82, 2.24) is 9.97 Å². The zero-order valence-corrected chi connectivity index (χ0v) is 14.2. The van der Waals surface area contributed by atoms with Crippen molar-refractivity contribution in [3.05, 3.63) is 11.9 Å². The van der Waals surface area contributed by atoms with Crippen molar-refractivity contribution < 1.29 is 0 Å². The smallest absolute Gasteiger partial charge is 0.137 e. The number of rotatable bonds is 5. The van der Waals surface area contributed by atoms with E-state index in [2.05, 4.69) is 54.9 Å². The molecule has 0 radical (unpaired) electrons. The molecule has 0 saturated heterocycles. The van der Waals surface area contributed by atoms with Crippen LogP contribution >= 0.6 is 0 Å². The molecule has 1 N–H and O–H groups in total. The first-order valence-electron chi connectivity index (χ1n) is 8.29. The largest absolute Gasteiger partial charge is 0.370 e. The first kappa shape index (κ1) is 16.1. The van der Waals surface area contributed by atoms with Crippen LogP contribution in [0.5, 0.6) is 0 Å². The highest BCUT2D eigenvalue weighted by Crippen LogP contribution is 2.38. The van der Waals surface area contributed by atoms with E-state index in [9.17, 15) is 0 Å². The highest BCUT2D eigenvalue weighted by Gasteiger charge is 2.30. The number of aromatic nitrogens is 2. The fourth-order valence-corrected chi connectivity index (χ4v) is 3.30. The average molecular weight is 290 g/mol. The Morgan fingerprint density at radius 1 is 1.24 bits per heavy atom. The second-order valence-electron chi connectivity index (χ2n) is 6.91. The number of anilines is 2. The van der Waals surface area contributed by atoms with Gasteiger partial charge in [-0.05, 0) is 44.4 Å². The predicted molar refractivity (Wildman–Crippen MR) is 90.0 cm³/mol. The normalized spacial score (nSPS) is 18.5. The maximum absolute atomic E-state index is 4.58. The predicted octanol–water partition coefficient (Wildman–Crippen LogP) is 3.88. The van der Waals surface area contributed by atoms with Crippen LogP contribution in [-0.4, -0.2) is 29.6 Å². The lowest BCUT2D eigenvalue weighted by molar-refractivity contribution is 0.222. The lowest BCUT2D eigenvalue weighted by Crippen LogP contribution is -2.38. The summed E-state index contributed by atoms with van der Waals surface area (Å²) in [6, 6.07) is 0.604. The van der Waals surface area contributed by atoms with Crippen molar-refractivity contribution >= 4 is 11.6 Å². The molecule has 0 bridgehead atoms. The van der Waals surface area contributed by atoms with Gasteiger partial charge in [-0.2, -0.15) is 0 Å². The van der Waals surface area contributed by atoms with Crippen LogP contribution < -0.4 is 10.2 Å². The third-order valence-electron chi connectivity index (χ3n) is 4.81. The van der Waals surface area contributed by atoms with E-state index in [1.165, 1.54) is 31.2 Å². The van der Waals surface area contributed by atoms with Gasteiger partial charge in [-0.3, -0.25) is 0 Å². The molecule has 0 unspecified atom stereocenters. The monoisotopic (exact) mass is 290 g/mol. The number of hydrogen-bond donors (Lipinski definition) is 1. The van der Waals surface area contributed by atoms with Crippen molar-refractivity contribution in [2.24, 2.45) is 5.41 Å². The molecule has 1 fully saturated rings. The van der Waals surface area contributed by atoms with Gasteiger partial charge >= 0.3 is 0 Å². The molecule has 1 aromatic heterocycles. The summed E-state index contributed by atoms with van der Waals surface area (Å²) in [5.41, 5.74) is 1.75. The molecular formula is C17H30N4. The van der Waals surface area contributed by atoms with Crippen LogP contribution in [0.1, 0.15) is 58.9 Å². The molecule has 4 heteroatoms. The first-order valence-corrected chi connectivity index (χ1v) is 8.29. The summed E-state index contributed by atoms with van der Waals surface area (Å²) in [6.45, 7) is 9.95. The molecule has 2 rings (SSSR count). The Bertz CT molecular complexity index is 460. The van der Waals surface area contributed by atoms with Gasteiger partial charge in [0.1, 0.15) is 18.0 Å². The maximum atomic E-state index is 4.58. The summed E-state index contributed by atoms with van der Waals surface area (Å²) in [5, 5.41) is 3.36. The second kappa shape index (κ2) is 6.63. The Labute approximate surface area is 129 Å². The lowest BCUT2D eigenvalue weighted by atomic mass is 9.75.